The van der Waals surface area contributed by atoms with Crippen LogP contribution in [0.4, 0.5) is 16.0 Å². The van der Waals surface area contributed by atoms with Gasteiger partial charge >= 0.3 is 0 Å². The predicted octanol–water partition coefficient (Wildman–Crippen LogP) is 3.32. The molecular weight excluding hydrogens is 579 g/mol. The number of benzene rings is 1. The number of pyridine rings is 1. The number of nitrogens with zero attached hydrogens (tertiary/aromatic N) is 5. The zero-order valence-corrected chi connectivity index (χ0v) is 25.8. The molecule has 3 aliphatic rings. The van der Waals surface area contributed by atoms with Gasteiger partial charge in [-0.1, -0.05) is 13.8 Å². The Hall–Kier alpha value is -3.33. The number of ether oxygens (including phenoxy) is 4. The number of likely N-dealkylation sites (tertiary alicyclic amines) is 1. The number of fused-ring (bicyclic) bond motifs is 1. The van der Waals surface area contributed by atoms with Crippen molar-refractivity contribution in [2.45, 2.75) is 38.8 Å². The lowest BCUT2D eigenvalue weighted by Gasteiger charge is -2.45. The number of morpholine rings is 1. The Bertz CT molecular complexity index is 1530. The van der Waals surface area contributed by atoms with E-state index in [1.165, 1.54) is 25.4 Å². The number of rotatable bonds is 8. The standard InChI is InChI=1S/C27H33FN6O6S.C2H6/c1-37-26-22(32-41(2,35)36)11-17(14-29-26)24-21-12-18(28)13-23(25(21)31-27(30-24)33-5-9-39-10-6-33)40-20-15-34(16-20)19-3-7-38-8-4-19;1-2/h11-14,19-20,32H,3-10,15-16H2,1-2H3;1-2H3. The van der Waals surface area contributed by atoms with Crippen LogP contribution in [0.2, 0.25) is 0 Å². The minimum atomic E-state index is -3.63. The van der Waals surface area contributed by atoms with E-state index in [-0.39, 0.29) is 17.7 Å². The number of sulfonamides is 1. The van der Waals surface area contributed by atoms with E-state index >= 15 is 4.39 Å². The Balaban J connectivity index is 0.00000180. The normalized spacial score (nSPS) is 18.5. The SMILES string of the molecule is CC.COc1ncc(-c2nc(N3CCOCC3)nc3c(OC4CN(C5CCOCC5)C4)cc(F)cc23)cc1NS(C)(=O)=O. The molecule has 0 bridgehead atoms. The first kappa shape index (κ1) is 31.1. The lowest BCUT2D eigenvalue weighted by atomic mass is 10.0. The maximum Gasteiger partial charge on any atom is 0.238 e. The van der Waals surface area contributed by atoms with Crippen LogP contribution < -0.4 is 19.1 Å². The summed E-state index contributed by atoms with van der Waals surface area (Å²) in [6.45, 7) is 9.28. The van der Waals surface area contributed by atoms with Crippen LogP contribution >= 0.6 is 0 Å². The Morgan fingerprint density at radius 3 is 2.40 bits per heavy atom. The van der Waals surface area contributed by atoms with Crippen molar-refractivity contribution in [1.29, 1.82) is 0 Å². The summed E-state index contributed by atoms with van der Waals surface area (Å²) in [5, 5.41) is 0.426. The van der Waals surface area contributed by atoms with Crippen molar-refractivity contribution in [3.05, 3.63) is 30.2 Å². The average Bonchev–Trinajstić information content (AvgIpc) is 2.99. The van der Waals surface area contributed by atoms with Gasteiger partial charge in [-0.2, -0.15) is 0 Å². The fraction of sp³-hybridized carbons (Fsp3) is 0.552. The van der Waals surface area contributed by atoms with E-state index < -0.39 is 15.8 Å². The van der Waals surface area contributed by atoms with Crippen LogP contribution in [0.25, 0.3) is 22.2 Å². The highest BCUT2D eigenvalue weighted by molar-refractivity contribution is 7.92. The van der Waals surface area contributed by atoms with Gasteiger partial charge in [-0.3, -0.25) is 9.62 Å². The maximum atomic E-state index is 15.1. The summed E-state index contributed by atoms with van der Waals surface area (Å²) in [4.78, 5) is 18.3. The van der Waals surface area contributed by atoms with Gasteiger partial charge in [0.25, 0.3) is 0 Å². The summed E-state index contributed by atoms with van der Waals surface area (Å²) in [5.41, 5.74) is 1.47. The number of halogens is 1. The topological polar surface area (TPSA) is 128 Å². The Morgan fingerprint density at radius 2 is 1.72 bits per heavy atom. The number of methoxy groups -OCH3 is 1. The van der Waals surface area contributed by atoms with Crippen molar-refractivity contribution in [1.82, 2.24) is 19.9 Å². The zero-order chi connectivity index (χ0) is 30.6. The van der Waals surface area contributed by atoms with Crippen molar-refractivity contribution in [3.63, 3.8) is 0 Å². The zero-order valence-electron chi connectivity index (χ0n) is 25.0. The second-order valence-corrected chi connectivity index (χ2v) is 12.2. The number of hydrogen-bond donors (Lipinski definition) is 1. The van der Waals surface area contributed by atoms with Gasteiger partial charge in [0.05, 0.1) is 32.3 Å². The van der Waals surface area contributed by atoms with E-state index in [0.717, 1.165) is 45.4 Å². The molecule has 12 nitrogen and oxygen atoms in total. The van der Waals surface area contributed by atoms with Crippen LogP contribution in [-0.2, 0) is 19.5 Å². The molecule has 14 heteroatoms. The molecule has 0 saturated carbocycles. The van der Waals surface area contributed by atoms with Gasteiger partial charge in [-0.05, 0) is 25.0 Å². The molecule has 0 unspecified atom stereocenters. The summed E-state index contributed by atoms with van der Waals surface area (Å²) in [5.74, 6) is 0.386. The molecule has 43 heavy (non-hydrogen) atoms. The van der Waals surface area contributed by atoms with E-state index in [4.69, 9.17) is 28.9 Å². The third-order valence-corrected chi connectivity index (χ3v) is 8.09. The van der Waals surface area contributed by atoms with E-state index in [1.54, 1.807) is 6.07 Å². The van der Waals surface area contributed by atoms with Crippen LogP contribution in [0.3, 0.4) is 0 Å². The average molecular weight is 619 g/mol. The first-order valence-electron chi connectivity index (χ1n) is 14.6. The second kappa shape index (κ2) is 13.5. The fourth-order valence-corrected chi connectivity index (χ4v) is 6.01. The van der Waals surface area contributed by atoms with Crippen LogP contribution in [0.1, 0.15) is 26.7 Å². The van der Waals surface area contributed by atoms with Gasteiger partial charge < -0.3 is 23.8 Å². The minimum Gasteiger partial charge on any atom is -0.485 e. The molecule has 0 spiro atoms. The van der Waals surface area contributed by atoms with E-state index in [0.29, 0.717) is 66.2 Å². The Kier molecular flexibility index (Phi) is 9.79. The number of hydrogen-bond acceptors (Lipinski definition) is 11. The molecule has 3 saturated heterocycles. The smallest absolute Gasteiger partial charge is 0.238 e. The molecule has 2 aromatic heterocycles. The Labute approximate surface area is 251 Å². The third kappa shape index (κ3) is 7.25. The molecule has 3 fully saturated rings. The van der Waals surface area contributed by atoms with Gasteiger partial charge in [0, 0.05) is 68.6 Å². The lowest BCUT2D eigenvalue weighted by Crippen LogP contribution is -2.58. The van der Waals surface area contributed by atoms with Crippen LogP contribution in [0.15, 0.2) is 24.4 Å². The lowest BCUT2D eigenvalue weighted by molar-refractivity contribution is -0.0451. The molecule has 3 aliphatic heterocycles. The first-order chi connectivity index (χ1) is 20.8. The van der Waals surface area contributed by atoms with E-state index in [2.05, 4.69) is 14.6 Å². The summed E-state index contributed by atoms with van der Waals surface area (Å²) in [6, 6.07) is 4.78. The molecule has 5 heterocycles. The molecule has 3 aromatic rings. The van der Waals surface area contributed by atoms with Gasteiger partial charge in [0.2, 0.25) is 21.9 Å². The fourth-order valence-electron chi connectivity index (χ4n) is 5.46. The van der Waals surface area contributed by atoms with Gasteiger partial charge in [0.15, 0.2) is 0 Å². The van der Waals surface area contributed by atoms with Crippen molar-refractivity contribution in [2.75, 3.05) is 75.6 Å². The molecule has 0 atom stereocenters. The Morgan fingerprint density at radius 1 is 1.02 bits per heavy atom. The summed E-state index contributed by atoms with van der Waals surface area (Å²) in [6.07, 6.45) is 4.46. The molecule has 234 valence electrons. The number of aromatic nitrogens is 3. The molecule has 0 aliphatic carbocycles. The van der Waals surface area contributed by atoms with Crippen molar-refractivity contribution in [3.8, 4) is 22.9 Å². The molecular formula is C29H39FN6O6S. The van der Waals surface area contributed by atoms with E-state index in [1.807, 2.05) is 18.7 Å². The van der Waals surface area contributed by atoms with Gasteiger partial charge in [-0.15, -0.1) is 0 Å². The quantitative estimate of drug-likeness (QED) is 0.399. The summed E-state index contributed by atoms with van der Waals surface area (Å²) >= 11 is 0. The van der Waals surface area contributed by atoms with Crippen molar-refractivity contribution in [2.24, 2.45) is 0 Å². The molecule has 0 radical (unpaired) electrons. The minimum absolute atomic E-state index is 0.0960. The first-order valence-corrected chi connectivity index (χ1v) is 16.5. The van der Waals surface area contributed by atoms with Crippen molar-refractivity contribution < 1.29 is 31.8 Å². The summed E-state index contributed by atoms with van der Waals surface area (Å²) in [7, 11) is -2.23. The molecule has 1 N–H and O–H groups in total. The number of anilines is 2. The third-order valence-electron chi connectivity index (χ3n) is 7.50. The molecule has 0 amide bonds. The monoisotopic (exact) mass is 618 g/mol. The highest BCUT2D eigenvalue weighted by atomic mass is 32.2. The molecule has 6 rings (SSSR count). The predicted molar refractivity (Wildman–Crippen MR) is 162 cm³/mol. The molecule has 1 aromatic carbocycles. The van der Waals surface area contributed by atoms with Crippen LogP contribution in [0, 0.1) is 5.82 Å². The van der Waals surface area contributed by atoms with E-state index in [9.17, 15) is 8.42 Å². The summed E-state index contributed by atoms with van der Waals surface area (Å²) < 4.78 is 64.2. The number of nitrogens with one attached hydrogen (secondary N) is 1. The second-order valence-electron chi connectivity index (χ2n) is 10.5. The van der Waals surface area contributed by atoms with Crippen molar-refractivity contribution >= 4 is 32.6 Å². The van der Waals surface area contributed by atoms with Gasteiger partial charge in [-0.25, -0.2) is 27.8 Å². The highest BCUT2D eigenvalue weighted by Gasteiger charge is 2.35. The van der Waals surface area contributed by atoms with Crippen LogP contribution in [0.5, 0.6) is 11.6 Å². The maximum absolute atomic E-state index is 15.1. The van der Waals surface area contributed by atoms with Gasteiger partial charge in [0.1, 0.15) is 28.9 Å². The van der Waals surface area contributed by atoms with Crippen LogP contribution in [-0.4, -0.2) is 106 Å². The highest BCUT2D eigenvalue weighted by Crippen LogP contribution is 2.37. The largest absolute Gasteiger partial charge is 0.485 e.